The predicted molar refractivity (Wildman–Crippen MR) is 109 cm³/mol. The van der Waals surface area contributed by atoms with Crippen LogP contribution in [-0.2, 0) is 9.53 Å². The lowest BCUT2D eigenvalue weighted by atomic mass is 10.2. The Morgan fingerprint density at radius 1 is 0.966 bits per heavy atom. The molecule has 8 heteroatoms. The van der Waals surface area contributed by atoms with Crippen molar-refractivity contribution >= 4 is 40.5 Å². The average molecular weight is 412 g/mol. The summed E-state index contributed by atoms with van der Waals surface area (Å²) < 4.78 is 18.1. The Morgan fingerprint density at radius 2 is 1.72 bits per heavy atom. The third-order valence-electron chi connectivity index (χ3n) is 3.87. The molecule has 2 aromatic carbocycles. The number of ether oxygens (including phenoxy) is 1. The highest BCUT2D eigenvalue weighted by atomic mass is 32.1. The van der Waals surface area contributed by atoms with Gasteiger partial charge in [-0.15, -0.1) is 11.3 Å². The minimum absolute atomic E-state index is 0.190. The number of hydrogen-bond acceptors (Lipinski definition) is 5. The fraction of sp³-hybridized carbons (Fsp3) is 0.0952. The number of carbonyl (C=O) groups excluding carboxylic acids is 3. The minimum atomic E-state index is -1.07. The van der Waals surface area contributed by atoms with Crippen molar-refractivity contribution in [3.63, 3.8) is 0 Å². The van der Waals surface area contributed by atoms with E-state index in [0.717, 1.165) is 0 Å². The van der Waals surface area contributed by atoms with Crippen LogP contribution in [0.2, 0.25) is 0 Å². The molecule has 0 unspecified atom stereocenters. The summed E-state index contributed by atoms with van der Waals surface area (Å²) in [6.07, 6.45) is -1.07. The van der Waals surface area contributed by atoms with Crippen molar-refractivity contribution in [3.05, 3.63) is 82.3 Å². The number of benzene rings is 2. The van der Waals surface area contributed by atoms with Crippen LogP contribution in [0.1, 0.15) is 27.0 Å². The maximum absolute atomic E-state index is 12.9. The molecule has 3 rings (SSSR count). The maximum atomic E-state index is 12.9. The van der Waals surface area contributed by atoms with Crippen molar-refractivity contribution in [3.8, 4) is 0 Å². The fourth-order valence-electron chi connectivity index (χ4n) is 2.38. The Kier molecular flexibility index (Phi) is 6.36. The third-order valence-corrected chi connectivity index (χ3v) is 4.73. The number of hydrogen-bond donors (Lipinski definition) is 2. The van der Waals surface area contributed by atoms with Crippen LogP contribution < -0.4 is 10.6 Å². The predicted octanol–water partition coefficient (Wildman–Crippen LogP) is 4.32. The Hall–Kier alpha value is -3.52. The number of anilines is 2. The van der Waals surface area contributed by atoms with E-state index in [1.165, 1.54) is 54.7 Å². The first kappa shape index (κ1) is 20.2. The van der Waals surface area contributed by atoms with E-state index in [1.807, 2.05) is 0 Å². The minimum Gasteiger partial charge on any atom is -0.449 e. The highest BCUT2D eigenvalue weighted by Crippen LogP contribution is 2.16. The molecule has 29 heavy (non-hydrogen) atoms. The van der Waals surface area contributed by atoms with Crippen LogP contribution in [0.5, 0.6) is 0 Å². The van der Waals surface area contributed by atoms with Gasteiger partial charge in [-0.1, -0.05) is 12.1 Å². The van der Waals surface area contributed by atoms with Gasteiger partial charge in [0.25, 0.3) is 11.8 Å². The number of thiophene rings is 1. The lowest BCUT2D eigenvalue weighted by Gasteiger charge is -2.14. The van der Waals surface area contributed by atoms with Crippen LogP contribution in [-0.4, -0.2) is 23.9 Å². The molecule has 2 amide bonds. The first-order valence-electron chi connectivity index (χ1n) is 8.65. The van der Waals surface area contributed by atoms with Gasteiger partial charge in [-0.25, -0.2) is 9.18 Å². The normalized spacial score (nSPS) is 11.4. The molecule has 1 aromatic heterocycles. The molecular weight excluding hydrogens is 395 g/mol. The van der Waals surface area contributed by atoms with Gasteiger partial charge in [-0.3, -0.25) is 9.59 Å². The van der Waals surface area contributed by atoms with Crippen molar-refractivity contribution in [1.29, 1.82) is 0 Å². The standard InChI is InChI=1S/C21H17FN2O4S/c1-13(19(25)23-16-9-7-15(22)8-10-16)28-21(27)14-4-2-5-17(12-14)24-20(26)18-6-3-11-29-18/h2-13H,1H3,(H,23,25)(H,24,26)/t13-/m0/s1. The summed E-state index contributed by atoms with van der Waals surface area (Å²) in [5, 5.41) is 7.04. The molecule has 0 saturated heterocycles. The average Bonchev–Trinajstić information content (AvgIpc) is 3.25. The second-order valence-corrected chi connectivity index (χ2v) is 7.00. The van der Waals surface area contributed by atoms with Gasteiger partial charge < -0.3 is 15.4 Å². The molecule has 0 aliphatic rings. The van der Waals surface area contributed by atoms with Crippen molar-refractivity contribution in [2.75, 3.05) is 10.6 Å². The molecule has 0 aliphatic heterocycles. The van der Waals surface area contributed by atoms with Gasteiger partial charge in [0.15, 0.2) is 6.10 Å². The van der Waals surface area contributed by atoms with Crippen LogP contribution in [0, 0.1) is 5.82 Å². The molecule has 0 fully saturated rings. The summed E-state index contributed by atoms with van der Waals surface area (Å²) >= 11 is 1.30. The number of halogens is 1. The molecule has 148 valence electrons. The topological polar surface area (TPSA) is 84.5 Å². The van der Waals surface area contributed by atoms with Crippen LogP contribution >= 0.6 is 11.3 Å². The van der Waals surface area contributed by atoms with E-state index in [4.69, 9.17) is 4.74 Å². The van der Waals surface area contributed by atoms with E-state index in [9.17, 15) is 18.8 Å². The molecule has 0 bridgehead atoms. The monoisotopic (exact) mass is 412 g/mol. The van der Waals surface area contributed by atoms with Crippen molar-refractivity contribution in [2.24, 2.45) is 0 Å². The smallest absolute Gasteiger partial charge is 0.338 e. The van der Waals surface area contributed by atoms with Crippen LogP contribution in [0.25, 0.3) is 0 Å². The molecule has 0 spiro atoms. The second kappa shape index (κ2) is 9.11. The summed E-state index contributed by atoms with van der Waals surface area (Å²) in [5.41, 5.74) is 1.01. The zero-order chi connectivity index (χ0) is 20.8. The Balaban J connectivity index is 1.60. The molecule has 0 aliphatic carbocycles. The summed E-state index contributed by atoms with van der Waals surface area (Å²) in [6, 6.07) is 14.9. The largest absolute Gasteiger partial charge is 0.449 e. The van der Waals surface area contributed by atoms with Crippen LogP contribution in [0.4, 0.5) is 15.8 Å². The quantitative estimate of drug-likeness (QED) is 0.591. The Morgan fingerprint density at radius 3 is 2.41 bits per heavy atom. The summed E-state index contributed by atoms with van der Waals surface area (Å²) in [6.45, 7) is 1.43. The van der Waals surface area contributed by atoms with Gasteiger partial charge in [0.2, 0.25) is 0 Å². The van der Waals surface area contributed by atoms with E-state index >= 15 is 0 Å². The molecule has 1 heterocycles. The lowest BCUT2D eigenvalue weighted by Crippen LogP contribution is -2.30. The summed E-state index contributed by atoms with van der Waals surface area (Å²) in [5.74, 6) is -1.96. The third kappa shape index (κ3) is 5.49. The Bertz CT molecular complexity index is 1020. The van der Waals surface area contributed by atoms with Gasteiger partial charge in [-0.05, 0) is 60.8 Å². The van der Waals surface area contributed by atoms with E-state index in [0.29, 0.717) is 16.3 Å². The zero-order valence-electron chi connectivity index (χ0n) is 15.3. The first-order valence-corrected chi connectivity index (χ1v) is 9.52. The zero-order valence-corrected chi connectivity index (χ0v) is 16.2. The number of amides is 2. The van der Waals surface area contributed by atoms with Crippen molar-refractivity contribution in [2.45, 2.75) is 13.0 Å². The van der Waals surface area contributed by atoms with Crippen LogP contribution in [0.15, 0.2) is 66.0 Å². The van der Waals surface area contributed by atoms with Gasteiger partial charge in [-0.2, -0.15) is 0 Å². The van der Waals surface area contributed by atoms with Crippen molar-refractivity contribution in [1.82, 2.24) is 0 Å². The fourth-order valence-corrected chi connectivity index (χ4v) is 3.00. The van der Waals surface area contributed by atoms with Gasteiger partial charge in [0, 0.05) is 11.4 Å². The summed E-state index contributed by atoms with van der Waals surface area (Å²) in [4.78, 5) is 37.2. The summed E-state index contributed by atoms with van der Waals surface area (Å²) in [7, 11) is 0. The maximum Gasteiger partial charge on any atom is 0.338 e. The van der Waals surface area contributed by atoms with Crippen molar-refractivity contribution < 1.29 is 23.5 Å². The molecule has 2 N–H and O–H groups in total. The Labute approximate surface area is 170 Å². The molecule has 1 atom stereocenters. The van der Waals surface area contributed by atoms with Gasteiger partial charge in [0.05, 0.1) is 10.4 Å². The first-order chi connectivity index (χ1) is 13.9. The van der Waals surface area contributed by atoms with Gasteiger partial charge in [0.1, 0.15) is 5.82 Å². The number of rotatable bonds is 6. The van der Waals surface area contributed by atoms with E-state index in [1.54, 1.807) is 29.6 Å². The molecule has 6 nitrogen and oxygen atoms in total. The molecule has 0 radical (unpaired) electrons. The molecule has 3 aromatic rings. The number of esters is 1. The van der Waals surface area contributed by atoms with E-state index < -0.39 is 23.8 Å². The van der Waals surface area contributed by atoms with Gasteiger partial charge >= 0.3 is 5.97 Å². The van der Waals surface area contributed by atoms with Crippen LogP contribution in [0.3, 0.4) is 0 Å². The van der Waals surface area contributed by atoms with E-state index in [2.05, 4.69) is 10.6 Å². The molecule has 0 saturated carbocycles. The number of carbonyl (C=O) groups is 3. The molecular formula is C21H17FN2O4S. The highest BCUT2D eigenvalue weighted by molar-refractivity contribution is 7.12. The second-order valence-electron chi connectivity index (χ2n) is 6.06. The lowest BCUT2D eigenvalue weighted by molar-refractivity contribution is -0.123. The SMILES string of the molecule is C[C@H](OC(=O)c1cccc(NC(=O)c2cccs2)c1)C(=O)Nc1ccc(F)cc1. The number of nitrogens with one attached hydrogen (secondary N) is 2. The van der Waals surface area contributed by atoms with E-state index in [-0.39, 0.29) is 11.5 Å². The highest BCUT2D eigenvalue weighted by Gasteiger charge is 2.19.